The molecule has 0 radical (unpaired) electrons. The Bertz CT molecular complexity index is 715. The van der Waals surface area contributed by atoms with E-state index in [1.54, 1.807) is 18.2 Å². The lowest BCUT2D eigenvalue weighted by Crippen LogP contribution is -2.08. The number of ketones is 1. The second-order valence-corrected chi connectivity index (χ2v) is 5.03. The number of carboxylic acid groups (broad SMARTS) is 1. The molecule has 0 fully saturated rings. The lowest BCUT2D eigenvalue weighted by molar-refractivity contribution is 0.0693. The van der Waals surface area contributed by atoms with Crippen LogP contribution < -0.4 is 4.90 Å². The first-order chi connectivity index (χ1) is 10.5. The average molecular weight is 295 g/mol. The fourth-order valence-corrected chi connectivity index (χ4v) is 2.03. The maximum atomic E-state index is 12.2. The number of allylic oxidation sites excluding steroid dienone is 1. The summed E-state index contributed by atoms with van der Waals surface area (Å²) >= 11 is 0. The molecule has 0 aliphatic rings. The Hall–Kier alpha value is -2.88. The van der Waals surface area contributed by atoms with Crippen molar-refractivity contribution >= 4 is 23.5 Å². The number of hydrogen-bond donors (Lipinski definition) is 1. The van der Waals surface area contributed by atoms with Gasteiger partial charge in [0.15, 0.2) is 5.78 Å². The Morgan fingerprint density at radius 3 is 2.09 bits per heavy atom. The van der Waals surface area contributed by atoms with Gasteiger partial charge in [0.25, 0.3) is 0 Å². The predicted molar refractivity (Wildman–Crippen MR) is 87.5 cm³/mol. The van der Waals surface area contributed by atoms with Crippen molar-refractivity contribution in [1.29, 1.82) is 0 Å². The van der Waals surface area contributed by atoms with Gasteiger partial charge in [0.05, 0.1) is 5.56 Å². The number of hydrogen-bond acceptors (Lipinski definition) is 3. The van der Waals surface area contributed by atoms with E-state index in [1.165, 1.54) is 18.2 Å². The summed E-state index contributed by atoms with van der Waals surface area (Å²) in [5, 5.41) is 9.10. The van der Waals surface area contributed by atoms with Crippen molar-refractivity contribution in [3.63, 3.8) is 0 Å². The van der Waals surface area contributed by atoms with Crippen LogP contribution in [0.1, 0.15) is 26.3 Å². The molecule has 2 aromatic rings. The average Bonchev–Trinajstić information content (AvgIpc) is 2.53. The van der Waals surface area contributed by atoms with E-state index in [-0.39, 0.29) is 16.9 Å². The van der Waals surface area contributed by atoms with E-state index in [1.807, 2.05) is 43.3 Å². The molecule has 112 valence electrons. The lowest BCUT2D eigenvalue weighted by atomic mass is 10.0. The maximum absolute atomic E-state index is 12.2. The van der Waals surface area contributed by atoms with E-state index in [2.05, 4.69) is 0 Å². The summed E-state index contributed by atoms with van der Waals surface area (Å²) in [4.78, 5) is 25.3. The molecule has 0 aliphatic heterocycles. The monoisotopic (exact) mass is 295 g/mol. The predicted octanol–water partition coefficient (Wildman–Crippen LogP) is 3.35. The number of carboxylic acids is 1. The zero-order chi connectivity index (χ0) is 16.1. The molecule has 4 nitrogen and oxygen atoms in total. The first-order valence-electron chi connectivity index (χ1n) is 6.81. The van der Waals surface area contributed by atoms with Crippen LogP contribution >= 0.6 is 0 Å². The van der Waals surface area contributed by atoms with Gasteiger partial charge in [0.2, 0.25) is 0 Å². The second-order valence-electron chi connectivity index (χ2n) is 5.03. The van der Waals surface area contributed by atoms with Gasteiger partial charge in [0, 0.05) is 25.3 Å². The van der Waals surface area contributed by atoms with Crippen LogP contribution in [0.25, 0.3) is 6.08 Å². The molecule has 2 rings (SSSR count). The third-order valence-corrected chi connectivity index (χ3v) is 3.26. The SMILES string of the molecule is CN(C)c1ccc(/C=C/C(=O)c2ccccc2C(=O)O)cc1. The van der Waals surface area contributed by atoms with E-state index >= 15 is 0 Å². The summed E-state index contributed by atoms with van der Waals surface area (Å²) in [7, 11) is 3.91. The molecule has 0 bridgehead atoms. The summed E-state index contributed by atoms with van der Waals surface area (Å²) in [5.41, 5.74) is 2.16. The number of benzene rings is 2. The van der Waals surface area contributed by atoms with Crippen LogP contribution in [0.4, 0.5) is 5.69 Å². The van der Waals surface area contributed by atoms with E-state index in [0.29, 0.717) is 0 Å². The van der Waals surface area contributed by atoms with Crippen molar-refractivity contribution in [3.8, 4) is 0 Å². The number of carbonyl (C=O) groups excluding carboxylic acids is 1. The molecule has 0 aromatic heterocycles. The van der Waals surface area contributed by atoms with E-state index < -0.39 is 5.97 Å². The molecule has 22 heavy (non-hydrogen) atoms. The molecular weight excluding hydrogens is 278 g/mol. The molecule has 0 saturated carbocycles. The van der Waals surface area contributed by atoms with Crippen molar-refractivity contribution in [1.82, 2.24) is 0 Å². The molecule has 0 saturated heterocycles. The van der Waals surface area contributed by atoms with Crippen LogP contribution in [0.2, 0.25) is 0 Å². The van der Waals surface area contributed by atoms with Crippen molar-refractivity contribution in [2.45, 2.75) is 0 Å². The van der Waals surface area contributed by atoms with E-state index in [4.69, 9.17) is 5.11 Å². The summed E-state index contributed by atoms with van der Waals surface area (Å²) in [6.45, 7) is 0. The Morgan fingerprint density at radius 2 is 1.55 bits per heavy atom. The summed E-state index contributed by atoms with van der Waals surface area (Å²) in [6, 6.07) is 13.9. The largest absolute Gasteiger partial charge is 0.478 e. The first kappa shape index (κ1) is 15.5. The highest BCUT2D eigenvalue weighted by molar-refractivity contribution is 6.12. The highest BCUT2D eigenvalue weighted by Crippen LogP contribution is 2.15. The normalized spacial score (nSPS) is 10.6. The molecule has 0 unspecified atom stereocenters. The van der Waals surface area contributed by atoms with Crippen LogP contribution in [0.3, 0.4) is 0 Å². The van der Waals surface area contributed by atoms with Crippen LogP contribution in [-0.2, 0) is 0 Å². The number of nitrogens with zero attached hydrogens (tertiary/aromatic N) is 1. The van der Waals surface area contributed by atoms with Gasteiger partial charge in [-0.1, -0.05) is 36.4 Å². The van der Waals surface area contributed by atoms with Gasteiger partial charge >= 0.3 is 5.97 Å². The molecule has 0 aliphatic carbocycles. The van der Waals surface area contributed by atoms with Crippen molar-refractivity contribution in [2.24, 2.45) is 0 Å². The standard InChI is InChI=1S/C18H17NO3/c1-19(2)14-10-7-13(8-11-14)9-12-17(20)15-5-3-4-6-16(15)18(21)22/h3-12H,1-2H3,(H,21,22)/b12-9+. The summed E-state index contributed by atoms with van der Waals surface area (Å²) in [5.74, 6) is -1.43. The van der Waals surface area contributed by atoms with Gasteiger partial charge in [-0.2, -0.15) is 0 Å². The van der Waals surface area contributed by atoms with Gasteiger partial charge in [-0.3, -0.25) is 4.79 Å². The molecular formula is C18H17NO3. The minimum absolute atomic E-state index is 0.0140. The van der Waals surface area contributed by atoms with Gasteiger partial charge in [-0.15, -0.1) is 0 Å². The Labute approximate surface area is 129 Å². The van der Waals surface area contributed by atoms with Crippen LogP contribution in [-0.4, -0.2) is 31.0 Å². The van der Waals surface area contributed by atoms with Gasteiger partial charge < -0.3 is 10.0 Å². The topological polar surface area (TPSA) is 57.6 Å². The van der Waals surface area contributed by atoms with Crippen molar-refractivity contribution in [3.05, 3.63) is 71.3 Å². The smallest absolute Gasteiger partial charge is 0.336 e. The lowest BCUT2D eigenvalue weighted by Gasteiger charge is -2.11. The van der Waals surface area contributed by atoms with Crippen molar-refractivity contribution in [2.75, 3.05) is 19.0 Å². The van der Waals surface area contributed by atoms with Crippen LogP contribution in [0, 0.1) is 0 Å². The summed E-state index contributed by atoms with van der Waals surface area (Å²) in [6.07, 6.45) is 3.08. The van der Waals surface area contributed by atoms with Gasteiger partial charge in [-0.25, -0.2) is 4.79 Å². The third-order valence-electron chi connectivity index (χ3n) is 3.26. The minimum Gasteiger partial charge on any atom is -0.478 e. The fourth-order valence-electron chi connectivity index (χ4n) is 2.03. The molecule has 0 spiro atoms. The number of carbonyl (C=O) groups is 2. The first-order valence-corrected chi connectivity index (χ1v) is 6.81. The number of rotatable bonds is 5. The van der Waals surface area contributed by atoms with Gasteiger partial charge in [-0.05, 0) is 29.8 Å². The van der Waals surface area contributed by atoms with E-state index in [0.717, 1.165) is 11.3 Å². The third kappa shape index (κ3) is 3.61. The molecule has 0 atom stereocenters. The van der Waals surface area contributed by atoms with Crippen LogP contribution in [0.15, 0.2) is 54.6 Å². The zero-order valence-corrected chi connectivity index (χ0v) is 12.5. The molecule has 0 heterocycles. The quantitative estimate of drug-likeness (QED) is 0.679. The Morgan fingerprint density at radius 1 is 0.955 bits per heavy atom. The minimum atomic E-state index is -1.10. The second kappa shape index (κ2) is 6.72. The number of anilines is 1. The summed E-state index contributed by atoms with van der Waals surface area (Å²) < 4.78 is 0. The molecule has 4 heteroatoms. The number of aromatic carboxylic acids is 1. The van der Waals surface area contributed by atoms with Crippen molar-refractivity contribution < 1.29 is 14.7 Å². The fraction of sp³-hybridized carbons (Fsp3) is 0.111. The maximum Gasteiger partial charge on any atom is 0.336 e. The highest BCUT2D eigenvalue weighted by atomic mass is 16.4. The molecule has 1 N–H and O–H groups in total. The zero-order valence-electron chi connectivity index (χ0n) is 12.5. The van der Waals surface area contributed by atoms with Gasteiger partial charge in [0.1, 0.15) is 0 Å². The Kier molecular flexibility index (Phi) is 4.73. The Balaban J connectivity index is 2.20. The highest BCUT2D eigenvalue weighted by Gasteiger charge is 2.13. The van der Waals surface area contributed by atoms with Crippen LogP contribution in [0.5, 0.6) is 0 Å². The van der Waals surface area contributed by atoms with E-state index in [9.17, 15) is 9.59 Å². The molecule has 2 aromatic carbocycles. The molecule has 0 amide bonds.